The number of unbranched alkanes of at least 4 members (excludes halogenated alkanes) is 1. The molecule has 0 heterocycles. The second-order valence-corrected chi connectivity index (χ2v) is 4.54. The molecule has 7 heteroatoms. The van der Waals surface area contributed by atoms with Crippen molar-refractivity contribution >= 4 is 17.3 Å². The Morgan fingerprint density at radius 1 is 1.38 bits per heavy atom. The van der Waals surface area contributed by atoms with Gasteiger partial charge in [-0.1, -0.05) is 13.3 Å². The van der Waals surface area contributed by atoms with Gasteiger partial charge in [-0.2, -0.15) is 0 Å². The molecule has 0 aliphatic rings. The van der Waals surface area contributed by atoms with Crippen LogP contribution in [0, 0.1) is 10.1 Å². The van der Waals surface area contributed by atoms with E-state index in [0.29, 0.717) is 18.8 Å². The number of carboxylic acid groups (broad SMARTS) is 1. The summed E-state index contributed by atoms with van der Waals surface area (Å²) in [6, 6.07) is 3.82. The molecule has 0 saturated heterocycles. The van der Waals surface area contributed by atoms with Crippen LogP contribution in [0.15, 0.2) is 18.2 Å². The molecule has 7 nitrogen and oxygen atoms in total. The Morgan fingerprint density at radius 3 is 2.71 bits per heavy atom. The van der Waals surface area contributed by atoms with Gasteiger partial charge in [0.05, 0.1) is 10.5 Å². The van der Waals surface area contributed by atoms with Crippen molar-refractivity contribution in [1.29, 1.82) is 0 Å². The number of hydrogen-bond donors (Lipinski definition) is 2. The zero-order valence-corrected chi connectivity index (χ0v) is 12.0. The molecule has 1 aromatic rings. The maximum absolute atomic E-state index is 11.0. The molecule has 2 N–H and O–H groups in total. The Balaban J connectivity index is 2.51. The quantitative estimate of drug-likeness (QED) is 0.391. The van der Waals surface area contributed by atoms with Crippen LogP contribution in [0.4, 0.5) is 11.4 Å². The Hall–Kier alpha value is -2.15. The molecule has 0 spiro atoms. The Morgan fingerprint density at radius 2 is 2.10 bits per heavy atom. The lowest BCUT2D eigenvalue weighted by molar-refractivity contribution is -0.384. The summed E-state index contributed by atoms with van der Waals surface area (Å²) in [7, 11) is 0. The molecule has 0 amide bonds. The minimum absolute atomic E-state index is 0.102. The largest absolute Gasteiger partial charge is 0.478 e. The summed E-state index contributed by atoms with van der Waals surface area (Å²) >= 11 is 0. The number of nitro groups is 1. The Kier molecular flexibility index (Phi) is 7.17. The Bertz CT molecular complexity index is 490. The van der Waals surface area contributed by atoms with Crippen molar-refractivity contribution in [2.45, 2.75) is 26.2 Å². The van der Waals surface area contributed by atoms with Crippen molar-refractivity contribution in [3.63, 3.8) is 0 Å². The molecule has 1 rings (SSSR count). The van der Waals surface area contributed by atoms with Crippen LogP contribution in [0.25, 0.3) is 0 Å². The smallest absolute Gasteiger partial charge is 0.335 e. The van der Waals surface area contributed by atoms with E-state index in [1.165, 1.54) is 12.1 Å². The lowest BCUT2D eigenvalue weighted by atomic mass is 10.1. The average molecular weight is 296 g/mol. The van der Waals surface area contributed by atoms with Gasteiger partial charge in [-0.05, 0) is 25.0 Å². The van der Waals surface area contributed by atoms with E-state index < -0.39 is 10.9 Å². The molecule has 0 atom stereocenters. The van der Waals surface area contributed by atoms with Crippen molar-refractivity contribution in [1.82, 2.24) is 0 Å². The number of ether oxygens (including phenoxy) is 1. The van der Waals surface area contributed by atoms with Gasteiger partial charge in [-0.15, -0.1) is 0 Å². The number of carboxylic acids is 1. The van der Waals surface area contributed by atoms with E-state index in [0.717, 1.165) is 31.9 Å². The molecule has 0 aromatic heterocycles. The summed E-state index contributed by atoms with van der Waals surface area (Å²) in [5.41, 5.74) is -0.0180. The summed E-state index contributed by atoms with van der Waals surface area (Å²) in [5, 5.41) is 22.7. The predicted molar refractivity (Wildman–Crippen MR) is 78.9 cm³/mol. The van der Waals surface area contributed by atoms with Gasteiger partial charge in [0.1, 0.15) is 5.69 Å². The molecule has 21 heavy (non-hydrogen) atoms. The maximum Gasteiger partial charge on any atom is 0.335 e. The van der Waals surface area contributed by atoms with Gasteiger partial charge >= 0.3 is 5.97 Å². The van der Waals surface area contributed by atoms with Gasteiger partial charge in [0.25, 0.3) is 5.69 Å². The number of anilines is 1. The van der Waals surface area contributed by atoms with Gasteiger partial charge in [0.2, 0.25) is 0 Å². The molecule has 116 valence electrons. The molecule has 0 radical (unpaired) electrons. The van der Waals surface area contributed by atoms with Crippen molar-refractivity contribution < 1.29 is 19.6 Å². The Labute approximate surface area is 123 Å². The van der Waals surface area contributed by atoms with Crippen molar-refractivity contribution in [3.8, 4) is 0 Å². The van der Waals surface area contributed by atoms with Crippen molar-refractivity contribution in [2.75, 3.05) is 25.1 Å². The number of nitro benzene ring substituents is 1. The summed E-state index contributed by atoms with van der Waals surface area (Å²) in [6.07, 6.45) is 2.83. The minimum Gasteiger partial charge on any atom is -0.478 e. The maximum atomic E-state index is 11.0. The first-order valence-corrected chi connectivity index (χ1v) is 6.89. The zero-order valence-electron chi connectivity index (χ0n) is 12.0. The van der Waals surface area contributed by atoms with Crippen LogP contribution < -0.4 is 5.32 Å². The number of nitrogens with one attached hydrogen (secondary N) is 1. The summed E-state index contributed by atoms with van der Waals surface area (Å²) in [6.45, 7) is 3.93. The zero-order chi connectivity index (χ0) is 15.7. The standard InChI is InChI=1S/C14H20N2O5/c1-2-3-8-21-9-4-7-15-12-6-5-11(14(17)18)10-13(12)16(19)20/h5-6,10,15H,2-4,7-9H2,1H3,(H,17,18). The van der Waals surface area contributed by atoms with E-state index in [-0.39, 0.29) is 11.3 Å². The third-order valence-corrected chi connectivity index (χ3v) is 2.86. The number of carbonyl (C=O) groups is 1. The van der Waals surface area contributed by atoms with E-state index in [1.807, 2.05) is 0 Å². The molecule has 0 bridgehead atoms. The van der Waals surface area contributed by atoms with Crippen LogP contribution in [0.5, 0.6) is 0 Å². The second-order valence-electron chi connectivity index (χ2n) is 4.54. The molecule has 0 aliphatic heterocycles. The molecule has 0 saturated carbocycles. The molecule has 0 fully saturated rings. The van der Waals surface area contributed by atoms with Crippen molar-refractivity contribution in [2.24, 2.45) is 0 Å². The lowest BCUT2D eigenvalue weighted by Crippen LogP contribution is -2.08. The summed E-state index contributed by atoms with van der Waals surface area (Å²) < 4.78 is 5.39. The fraction of sp³-hybridized carbons (Fsp3) is 0.500. The highest BCUT2D eigenvalue weighted by Gasteiger charge is 2.16. The molecule has 1 aromatic carbocycles. The summed E-state index contributed by atoms with van der Waals surface area (Å²) in [5.74, 6) is -1.19. The number of aromatic carboxylic acids is 1. The molecular formula is C14H20N2O5. The van der Waals surface area contributed by atoms with E-state index in [1.54, 1.807) is 0 Å². The highest BCUT2D eigenvalue weighted by molar-refractivity contribution is 5.89. The van der Waals surface area contributed by atoms with Gasteiger partial charge in [0, 0.05) is 25.8 Å². The lowest BCUT2D eigenvalue weighted by Gasteiger charge is -2.08. The van der Waals surface area contributed by atoms with Crippen LogP contribution in [0.1, 0.15) is 36.5 Å². The highest BCUT2D eigenvalue weighted by Crippen LogP contribution is 2.25. The van der Waals surface area contributed by atoms with Crippen molar-refractivity contribution in [3.05, 3.63) is 33.9 Å². The number of nitrogens with zero attached hydrogens (tertiary/aromatic N) is 1. The number of benzene rings is 1. The normalized spacial score (nSPS) is 10.3. The number of rotatable bonds is 10. The summed E-state index contributed by atoms with van der Waals surface area (Å²) in [4.78, 5) is 21.2. The van der Waals surface area contributed by atoms with E-state index in [4.69, 9.17) is 9.84 Å². The SMILES string of the molecule is CCCCOCCCNc1ccc(C(=O)O)cc1[N+](=O)[O-]. The topological polar surface area (TPSA) is 102 Å². The van der Waals surface area contributed by atoms with E-state index >= 15 is 0 Å². The van der Waals surface area contributed by atoms with Crippen LogP contribution in [0.3, 0.4) is 0 Å². The van der Waals surface area contributed by atoms with Crippen LogP contribution in [-0.4, -0.2) is 35.8 Å². The molecule has 0 aliphatic carbocycles. The van der Waals surface area contributed by atoms with Crippen LogP contribution in [-0.2, 0) is 4.74 Å². The molecular weight excluding hydrogens is 276 g/mol. The fourth-order valence-electron chi connectivity index (χ4n) is 1.71. The predicted octanol–water partition coefficient (Wildman–Crippen LogP) is 2.91. The minimum atomic E-state index is -1.19. The third-order valence-electron chi connectivity index (χ3n) is 2.86. The van der Waals surface area contributed by atoms with E-state index in [2.05, 4.69) is 12.2 Å². The average Bonchev–Trinajstić information content (AvgIpc) is 2.46. The van der Waals surface area contributed by atoms with Crippen LogP contribution in [0.2, 0.25) is 0 Å². The number of hydrogen-bond acceptors (Lipinski definition) is 5. The highest BCUT2D eigenvalue weighted by atomic mass is 16.6. The first-order chi connectivity index (χ1) is 10.1. The second kappa shape index (κ2) is 8.91. The monoisotopic (exact) mass is 296 g/mol. The molecule has 0 unspecified atom stereocenters. The van der Waals surface area contributed by atoms with Gasteiger partial charge in [-0.3, -0.25) is 10.1 Å². The van der Waals surface area contributed by atoms with Gasteiger partial charge in [-0.25, -0.2) is 4.79 Å². The van der Waals surface area contributed by atoms with E-state index in [9.17, 15) is 14.9 Å². The first-order valence-electron chi connectivity index (χ1n) is 6.89. The van der Waals surface area contributed by atoms with Gasteiger partial charge < -0.3 is 15.2 Å². The third kappa shape index (κ3) is 5.78. The van der Waals surface area contributed by atoms with Crippen LogP contribution >= 0.6 is 0 Å². The fourth-order valence-corrected chi connectivity index (χ4v) is 1.71. The van der Waals surface area contributed by atoms with Gasteiger partial charge in [0.15, 0.2) is 0 Å². The first kappa shape index (κ1) is 16.9.